The number of aromatic nitrogens is 3. The zero-order valence-corrected chi connectivity index (χ0v) is 12.3. The molecule has 6 nitrogen and oxygen atoms in total. The van der Waals surface area contributed by atoms with Crippen molar-refractivity contribution in [1.29, 1.82) is 0 Å². The molecule has 10 heteroatoms. The van der Waals surface area contributed by atoms with E-state index in [2.05, 4.69) is 15.5 Å². The summed E-state index contributed by atoms with van der Waals surface area (Å²) in [5, 5.41) is 8.23. The Balaban J connectivity index is 2.80. The van der Waals surface area contributed by atoms with E-state index in [-0.39, 0.29) is 11.1 Å². The molecule has 1 unspecified atom stereocenters. The Labute approximate surface area is 118 Å². The van der Waals surface area contributed by atoms with Gasteiger partial charge in [-0.3, -0.25) is 4.79 Å². The standard InChI is InChI=1S/C10H16F3N5OS/c1-5(6(19)15-9(2,3)4)20-8-17-16-7(18(8)14)10(11,12)13/h5H,14H2,1-4H3,(H,15,19). The zero-order valence-electron chi connectivity index (χ0n) is 11.4. The number of rotatable bonds is 3. The number of nitrogens with one attached hydrogen (secondary N) is 1. The maximum absolute atomic E-state index is 12.5. The number of thioether (sulfide) groups is 1. The van der Waals surface area contributed by atoms with Crippen LogP contribution in [-0.2, 0) is 11.0 Å². The van der Waals surface area contributed by atoms with E-state index in [0.717, 1.165) is 11.8 Å². The van der Waals surface area contributed by atoms with Crippen LogP contribution in [0.3, 0.4) is 0 Å². The van der Waals surface area contributed by atoms with Crippen molar-refractivity contribution in [1.82, 2.24) is 20.2 Å². The summed E-state index contributed by atoms with van der Waals surface area (Å²) in [6.45, 7) is 6.95. The number of halogens is 3. The molecule has 1 amide bonds. The highest BCUT2D eigenvalue weighted by molar-refractivity contribution is 8.00. The second-order valence-electron chi connectivity index (χ2n) is 5.17. The number of amides is 1. The largest absolute Gasteiger partial charge is 0.453 e. The molecular weight excluding hydrogens is 295 g/mol. The Kier molecular flexibility index (Phi) is 4.57. The third-order valence-corrected chi connectivity index (χ3v) is 3.12. The van der Waals surface area contributed by atoms with Gasteiger partial charge in [0.2, 0.25) is 11.1 Å². The molecule has 0 saturated carbocycles. The summed E-state index contributed by atoms with van der Waals surface area (Å²) < 4.78 is 37.8. The maximum Gasteiger partial charge on any atom is 0.453 e. The normalized spacial score (nSPS) is 14.2. The second-order valence-corrected chi connectivity index (χ2v) is 6.48. The number of carbonyl (C=O) groups excluding carboxylic acids is 1. The minimum atomic E-state index is -4.68. The average molecular weight is 311 g/mol. The van der Waals surface area contributed by atoms with Crippen LogP contribution in [0.1, 0.15) is 33.5 Å². The first kappa shape index (κ1) is 16.6. The van der Waals surface area contributed by atoms with E-state index in [1.54, 1.807) is 27.7 Å². The van der Waals surface area contributed by atoms with Gasteiger partial charge in [-0.05, 0) is 27.7 Å². The first-order chi connectivity index (χ1) is 8.92. The van der Waals surface area contributed by atoms with Crippen LogP contribution < -0.4 is 11.2 Å². The summed E-state index contributed by atoms with van der Waals surface area (Å²) in [5.74, 6) is 3.66. The molecule has 1 aromatic heterocycles. The lowest BCUT2D eigenvalue weighted by atomic mass is 10.1. The van der Waals surface area contributed by atoms with Gasteiger partial charge in [0.1, 0.15) is 0 Å². The number of nitrogens with two attached hydrogens (primary N) is 1. The van der Waals surface area contributed by atoms with Crippen molar-refractivity contribution in [2.24, 2.45) is 0 Å². The fourth-order valence-electron chi connectivity index (χ4n) is 1.23. The molecule has 20 heavy (non-hydrogen) atoms. The van der Waals surface area contributed by atoms with Crippen molar-refractivity contribution < 1.29 is 18.0 Å². The van der Waals surface area contributed by atoms with Crippen molar-refractivity contribution in [2.45, 2.75) is 49.8 Å². The summed E-state index contributed by atoms with van der Waals surface area (Å²) in [5.41, 5.74) is -0.431. The van der Waals surface area contributed by atoms with Crippen LogP contribution in [-0.4, -0.2) is 31.6 Å². The number of alkyl halides is 3. The topological polar surface area (TPSA) is 85.8 Å². The van der Waals surface area contributed by atoms with E-state index in [9.17, 15) is 18.0 Å². The molecule has 0 aliphatic heterocycles. The van der Waals surface area contributed by atoms with Gasteiger partial charge in [0, 0.05) is 5.54 Å². The first-order valence-corrected chi connectivity index (χ1v) is 6.56. The van der Waals surface area contributed by atoms with Crippen molar-refractivity contribution in [3.05, 3.63) is 5.82 Å². The molecule has 1 rings (SSSR count). The van der Waals surface area contributed by atoms with Crippen molar-refractivity contribution in [2.75, 3.05) is 5.84 Å². The summed E-state index contributed by atoms with van der Waals surface area (Å²) in [6.07, 6.45) is -4.68. The Morgan fingerprint density at radius 2 is 1.90 bits per heavy atom. The molecule has 1 aromatic rings. The molecule has 0 aliphatic rings. The molecule has 1 atom stereocenters. The lowest BCUT2D eigenvalue weighted by Crippen LogP contribution is -2.44. The zero-order chi connectivity index (χ0) is 15.7. The van der Waals surface area contributed by atoms with Crippen LogP contribution >= 0.6 is 11.8 Å². The molecule has 0 fully saturated rings. The highest BCUT2D eigenvalue weighted by Crippen LogP contribution is 2.30. The van der Waals surface area contributed by atoms with Crippen molar-refractivity contribution >= 4 is 17.7 Å². The molecule has 0 saturated heterocycles. The minimum absolute atomic E-state index is 0.172. The molecule has 3 N–H and O–H groups in total. The van der Waals surface area contributed by atoms with Gasteiger partial charge in [0.15, 0.2) is 0 Å². The summed E-state index contributed by atoms with van der Waals surface area (Å²) in [7, 11) is 0. The van der Waals surface area contributed by atoms with E-state index in [0.29, 0.717) is 4.68 Å². The van der Waals surface area contributed by atoms with Gasteiger partial charge in [-0.15, -0.1) is 10.2 Å². The number of hydrogen-bond acceptors (Lipinski definition) is 5. The Hall–Kier alpha value is -1.45. The molecule has 0 bridgehead atoms. The summed E-state index contributed by atoms with van der Waals surface area (Å²) in [6, 6.07) is 0. The predicted octanol–water partition coefficient (Wildman–Crippen LogP) is 1.41. The molecule has 0 spiro atoms. The van der Waals surface area contributed by atoms with E-state index >= 15 is 0 Å². The third kappa shape index (κ3) is 4.29. The van der Waals surface area contributed by atoms with E-state index in [1.807, 2.05) is 0 Å². The van der Waals surface area contributed by atoms with Crippen LogP contribution in [0.4, 0.5) is 13.2 Å². The van der Waals surface area contributed by atoms with Gasteiger partial charge in [-0.2, -0.15) is 13.2 Å². The van der Waals surface area contributed by atoms with E-state index in [1.165, 1.54) is 0 Å². The lowest BCUT2D eigenvalue weighted by Gasteiger charge is -2.22. The van der Waals surface area contributed by atoms with Gasteiger partial charge in [-0.1, -0.05) is 11.8 Å². The first-order valence-electron chi connectivity index (χ1n) is 5.68. The summed E-state index contributed by atoms with van der Waals surface area (Å²) in [4.78, 5) is 11.8. The average Bonchev–Trinajstić information content (AvgIpc) is 2.57. The molecule has 114 valence electrons. The number of nitrogens with zero attached hydrogens (tertiary/aromatic N) is 3. The monoisotopic (exact) mass is 311 g/mol. The lowest BCUT2D eigenvalue weighted by molar-refractivity contribution is -0.146. The molecule has 0 radical (unpaired) electrons. The predicted molar refractivity (Wildman–Crippen MR) is 68.4 cm³/mol. The van der Waals surface area contributed by atoms with Crippen LogP contribution in [0, 0.1) is 0 Å². The number of hydrogen-bond donors (Lipinski definition) is 2. The smallest absolute Gasteiger partial charge is 0.351 e. The number of nitrogen functional groups attached to an aromatic ring is 1. The second kappa shape index (κ2) is 5.51. The van der Waals surface area contributed by atoms with Crippen LogP contribution in [0.2, 0.25) is 0 Å². The number of carbonyl (C=O) groups is 1. The Morgan fingerprint density at radius 3 is 2.30 bits per heavy atom. The molecule has 0 aromatic carbocycles. The minimum Gasteiger partial charge on any atom is -0.351 e. The fourth-order valence-corrected chi connectivity index (χ4v) is 2.00. The fraction of sp³-hybridized carbons (Fsp3) is 0.700. The van der Waals surface area contributed by atoms with Crippen LogP contribution in [0.5, 0.6) is 0 Å². The van der Waals surface area contributed by atoms with Gasteiger partial charge in [0.25, 0.3) is 5.82 Å². The van der Waals surface area contributed by atoms with Gasteiger partial charge in [-0.25, -0.2) is 4.68 Å². The van der Waals surface area contributed by atoms with Crippen LogP contribution in [0.25, 0.3) is 0 Å². The van der Waals surface area contributed by atoms with Gasteiger partial charge in [0.05, 0.1) is 5.25 Å². The van der Waals surface area contributed by atoms with Crippen molar-refractivity contribution in [3.8, 4) is 0 Å². The SMILES string of the molecule is CC(Sc1nnc(C(F)(F)F)n1N)C(=O)NC(C)(C)C. The molecular formula is C10H16F3N5OS. The molecule has 1 heterocycles. The maximum atomic E-state index is 12.5. The third-order valence-electron chi connectivity index (χ3n) is 2.07. The Morgan fingerprint density at radius 1 is 1.35 bits per heavy atom. The highest BCUT2D eigenvalue weighted by Gasteiger charge is 2.38. The summed E-state index contributed by atoms with van der Waals surface area (Å²) >= 11 is 0.808. The van der Waals surface area contributed by atoms with Gasteiger partial charge < -0.3 is 11.2 Å². The van der Waals surface area contributed by atoms with E-state index in [4.69, 9.17) is 5.84 Å². The Bertz CT molecular complexity index is 494. The van der Waals surface area contributed by atoms with Gasteiger partial charge >= 0.3 is 6.18 Å². The highest BCUT2D eigenvalue weighted by atomic mass is 32.2. The van der Waals surface area contributed by atoms with Crippen LogP contribution in [0.15, 0.2) is 5.16 Å². The van der Waals surface area contributed by atoms with E-state index < -0.39 is 22.8 Å². The van der Waals surface area contributed by atoms with Crippen molar-refractivity contribution in [3.63, 3.8) is 0 Å². The molecule has 0 aliphatic carbocycles. The quantitative estimate of drug-likeness (QED) is 0.651.